The average Bonchev–Trinajstić information content (AvgIpc) is 2.63. The Morgan fingerprint density at radius 1 is 1.12 bits per heavy atom. The van der Waals surface area contributed by atoms with Crippen LogP contribution in [-0.4, -0.2) is 9.97 Å². The van der Waals surface area contributed by atoms with Crippen LogP contribution in [0.15, 0.2) is 24.4 Å². The van der Waals surface area contributed by atoms with Crippen molar-refractivity contribution in [3.8, 4) is 11.3 Å². The second-order valence-electron chi connectivity index (χ2n) is 5.66. The molecule has 0 fully saturated rings. The molecule has 0 aliphatic rings. The number of aromatic amines is 1. The van der Waals surface area contributed by atoms with Crippen molar-refractivity contribution in [3.63, 3.8) is 0 Å². The van der Waals surface area contributed by atoms with Crippen LogP contribution in [-0.2, 0) is 5.41 Å². The summed E-state index contributed by atoms with van der Waals surface area (Å²) in [5.41, 5.74) is 5.16. The number of benzene rings is 1. The molecule has 2 rings (SSSR count). The molecule has 0 aliphatic carbocycles. The molecule has 0 atom stereocenters. The SMILES string of the molecule is Cc1ncc(-c2cc(C(C)(C)C)ccc2C)[nH]1. The van der Waals surface area contributed by atoms with Gasteiger partial charge < -0.3 is 4.98 Å². The largest absolute Gasteiger partial charge is 0.342 e. The Hall–Kier alpha value is -1.57. The van der Waals surface area contributed by atoms with E-state index in [-0.39, 0.29) is 5.41 Å². The summed E-state index contributed by atoms with van der Waals surface area (Å²) in [5, 5.41) is 0. The first-order valence-electron chi connectivity index (χ1n) is 6.01. The molecule has 0 bridgehead atoms. The van der Waals surface area contributed by atoms with Gasteiger partial charge >= 0.3 is 0 Å². The molecule has 17 heavy (non-hydrogen) atoms. The standard InChI is InChI=1S/C15H20N2/c1-10-6-7-12(15(3,4)5)8-13(10)14-9-16-11(2)17-14/h6-9H,1-5H3,(H,16,17). The zero-order chi connectivity index (χ0) is 12.6. The van der Waals surface area contributed by atoms with Crippen LogP contribution in [0.2, 0.25) is 0 Å². The van der Waals surface area contributed by atoms with Crippen LogP contribution in [0, 0.1) is 13.8 Å². The third-order valence-corrected chi connectivity index (χ3v) is 3.10. The molecule has 0 radical (unpaired) electrons. The summed E-state index contributed by atoms with van der Waals surface area (Å²) in [6.07, 6.45) is 1.91. The van der Waals surface area contributed by atoms with Gasteiger partial charge in [-0.3, -0.25) is 0 Å². The Balaban J connectivity index is 2.54. The first-order valence-corrected chi connectivity index (χ1v) is 6.01. The van der Waals surface area contributed by atoms with Gasteiger partial charge in [-0.15, -0.1) is 0 Å². The van der Waals surface area contributed by atoms with Gasteiger partial charge in [0.1, 0.15) is 5.82 Å². The lowest BCUT2D eigenvalue weighted by Crippen LogP contribution is -2.11. The zero-order valence-corrected chi connectivity index (χ0v) is 11.3. The number of aryl methyl sites for hydroxylation is 2. The summed E-state index contributed by atoms with van der Waals surface area (Å²) < 4.78 is 0. The van der Waals surface area contributed by atoms with Gasteiger partial charge in [-0.1, -0.05) is 32.9 Å². The summed E-state index contributed by atoms with van der Waals surface area (Å²) >= 11 is 0. The highest BCUT2D eigenvalue weighted by molar-refractivity contribution is 5.64. The molecule has 90 valence electrons. The van der Waals surface area contributed by atoms with E-state index in [1.54, 1.807) is 0 Å². The highest BCUT2D eigenvalue weighted by atomic mass is 14.9. The fourth-order valence-corrected chi connectivity index (χ4v) is 1.94. The van der Waals surface area contributed by atoms with Crippen LogP contribution in [0.25, 0.3) is 11.3 Å². The van der Waals surface area contributed by atoms with E-state index >= 15 is 0 Å². The molecule has 0 saturated carbocycles. The maximum absolute atomic E-state index is 4.27. The van der Waals surface area contributed by atoms with Gasteiger partial charge in [0, 0.05) is 5.56 Å². The normalized spacial score (nSPS) is 11.8. The average molecular weight is 228 g/mol. The number of aromatic nitrogens is 2. The number of hydrogen-bond donors (Lipinski definition) is 1. The summed E-state index contributed by atoms with van der Waals surface area (Å²) in [6, 6.07) is 6.66. The molecule has 2 aromatic rings. The van der Waals surface area contributed by atoms with Crippen molar-refractivity contribution in [2.45, 2.75) is 40.0 Å². The first kappa shape index (κ1) is 11.9. The van der Waals surface area contributed by atoms with E-state index in [0.29, 0.717) is 0 Å². The van der Waals surface area contributed by atoms with Crippen LogP contribution < -0.4 is 0 Å². The van der Waals surface area contributed by atoms with E-state index in [2.05, 4.69) is 55.9 Å². The molecule has 2 nitrogen and oxygen atoms in total. The van der Waals surface area contributed by atoms with Gasteiger partial charge in [0.25, 0.3) is 0 Å². The molecule has 2 heteroatoms. The van der Waals surface area contributed by atoms with Crippen LogP contribution >= 0.6 is 0 Å². The molecule has 0 spiro atoms. The molecule has 0 amide bonds. The molecule has 1 aromatic carbocycles. The molecule has 1 N–H and O–H groups in total. The fourth-order valence-electron chi connectivity index (χ4n) is 1.94. The minimum atomic E-state index is 0.178. The van der Waals surface area contributed by atoms with E-state index < -0.39 is 0 Å². The summed E-state index contributed by atoms with van der Waals surface area (Å²) in [5.74, 6) is 0.959. The van der Waals surface area contributed by atoms with Crippen molar-refractivity contribution < 1.29 is 0 Å². The first-order chi connectivity index (χ1) is 7.88. The number of hydrogen-bond acceptors (Lipinski definition) is 1. The predicted octanol–water partition coefficient (Wildman–Crippen LogP) is 3.99. The summed E-state index contributed by atoms with van der Waals surface area (Å²) in [6.45, 7) is 10.8. The Kier molecular flexibility index (Phi) is 2.82. The van der Waals surface area contributed by atoms with E-state index in [9.17, 15) is 0 Å². The van der Waals surface area contributed by atoms with Crippen molar-refractivity contribution in [2.75, 3.05) is 0 Å². The van der Waals surface area contributed by atoms with Gasteiger partial charge in [0.2, 0.25) is 0 Å². The van der Waals surface area contributed by atoms with Crippen molar-refractivity contribution in [1.82, 2.24) is 9.97 Å². The van der Waals surface area contributed by atoms with Crippen molar-refractivity contribution in [3.05, 3.63) is 41.3 Å². The number of nitrogens with zero attached hydrogens (tertiary/aromatic N) is 1. The monoisotopic (exact) mass is 228 g/mol. The second-order valence-corrected chi connectivity index (χ2v) is 5.66. The minimum Gasteiger partial charge on any atom is -0.342 e. The van der Waals surface area contributed by atoms with Gasteiger partial charge in [-0.25, -0.2) is 4.98 Å². The van der Waals surface area contributed by atoms with Gasteiger partial charge in [0.15, 0.2) is 0 Å². The van der Waals surface area contributed by atoms with Gasteiger partial charge in [-0.2, -0.15) is 0 Å². The maximum atomic E-state index is 4.27. The third-order valence-electron chi connectivity index (χ3n) is 3.10. The molecule has 0 aliphatic heterocycles. The van der Waals surface area contributed by atoms with Crippen LogP contribution in [0.4, 0.5) is 0 Å². The highest BCUT2D eigenvalue weighted by Crippen LogP contribution is 2.29. The molecule has 0 saturated heterocycles. The Bertz CT molecular complexity index is 530. The summed E-state index contributed by atoms with van der Waals surface area (Å²) in [4.78, 5) is 7.57. The second kappa shape index (κ2) is 4.02. The smallest absolute Gasteiger partial charge is 0.103 e. The third kappa shape index (κ3) is 2.41. The van der Waals surface area contributed by atoms with Gasteiger partial charge in [0.05, 0.1) is 11.9 Å². The van der Waals surface area contributed by atoms with Crippen molar-refractivity contribution in [1.29, 1.82) is 0 Å². The zero-order valence-electron chi connectivity index (χ0n) is 11.3. The van der Waals surface area contributed by atoms with E-state index in [0.717, 1.165) is 11.5 Å². The predicted molar refractivity (Wildman–Crippen MR) is 72.2 cm³/mol. The lowest BCUT2D eigenvalue weighted by molar-refractivity contribution is 0.590. The molecule has 1 heterocycles. The lowest BCUT2D eigenvalue weighted by Gasteiger charge is -2.20. The maximum Gasteiger partial charge on any atom is 0.103 e. The van der Waals surface area contributed by atoms with E-state index in [1.807, 2.05) is 13.1 Å². The van der Waals surface area contributed by atoms with Crippen LogP contribution in [0.3, 0.4) is 0 Å². The van der Waals surface area contributed by atoms with Crippen molar-refractivity contribution in [2.24, 2.45) is 0 Å². The lowest BCUT2D eigenvalue weighted by atomic mass is 9.85. The Labute approximate surface area is 103 Å². The molecule has 0 unspecified atom stereocenters. The van der Waals surface area contributed by atoms with E-state index in [1.165, 1.54) is 16.7 Å². The van der Waals surface area contributed by atoms with Crippen molar-refractivity contribution >= 4 is 0 Å². The number of imidazole rings is 1. The Morgan fingerprint density at radius 3 is 2.35 bits per heavy atom. The van der Waals surface area contributed by atoms with Crippen LogP contribution in [0.5, 0.6) is 0 Å². The highest BCUT2D eigenvalue weighted by Gasteiger charge is 2.15. The topological polar surface area (TPSA) is 28.7 Å². The molecular weight excluding hydrogens is 208 g/mol. The number of H-pyrrole nitrogens is 1. The quantitative estimate of drug-likeness (QED) is 0.785. The minimum absolute atomic E-state index is 0.178. The summed E-state index contributed by atoms with van der Waals surface area (Å²) in [7, 11) is 0. The Morgan fingerprint density at radius 2 is 1.82 bits per heavy atom. The van der Waals surface area contributed by atoms with Gasteiger partial charge in [-0.05, 0) is 36.5 Å². The number of rotatable bonds is 1. The fraction of sp³-hybridized carbons (Fsp3) is 0.400. The number of nitrogens with one attached hydrogen (secondary N) is 1. The van der Waals surface area contributed by atoms with E-state index in [4.69, 9.17) is 0 Å². The van der Waals surface area contributed by atoms with Crippen LogP contribution in [0.1, 0.15) is 37.7 Å². The molecular formula is C15H20N2. The molecule has 1 aromatic heterocycles.